The molecular weight excluding hydrogens is 468 g/mol. The number of nitrogens with one attached hydrogen (secondary N) is 1. The lowest BCUT2D eigenvalue weighted by Crippen LogP contribution is -2.40. The van der Waals surface area contributed by atoms with E-state index in [0.717, 1.165) is 0 Å². The maximum absolute atomic E-state index is 12.9. The van der Waals surface area contributed by atoms with Crippen LogP contribution >= 0.6 is 0 Å². The molecule has 0 unspecified atom stereocenters. The smallest absolute Gasteiger partial charge is 0.339 e. The van der Waals surface area contributed by atoms with E-state index in [1.807, 2.05) is 0 Å². The van der Waals surface area contributed by atoms with Crippen LogP contribution in [-0.2, 0) is 35.1 Å². The Balaban J connectivity index is 1.68. The molecule has 1 fully saturated rings. The van der Waals surface area contributed by atoms with Gasteiger partial charge in [-0.25, -0.2) is 13.2 Å². The summed E-state index contributed by atoms with van der Waals surface area (Å²) in [7, 11) is -5.08. The largest absolute Gasteiger partial charge is 0.452 e. The fourth-order valence-corrected chi connectivity index (χ4v) is 5.59. The van der Waals surface area contributed by atoms with Crippen LogP contribution in [0.25, 0.3) is 0 Å². The van der Waals surface area contributed by atoms with Crippen LogP contribution in [0.5, 0.6) is 0 Å². The number of nitrogens with zero attached hydrogens (tertiary/aromatic N) is 1. The zero-order valence-corrected chi connectivity index (χ0v) is 20.0. The van der Waals surface area contributed by atoms with E-state index in [1.54, 1.807) is 38.1 Å². The average Bonchev–Trinajstić information content (AvgIpc) is 2.83. The van der Waals surface area contributed by atoms with Gasteiger partial charge in [-0.05, 0) is 36.8 Å². The highest BCUT2D eigenvalue weighted by atomic mass is 32.2. The molecule has 0 aromatic heterocycles. The van der Waals surface area contributed by atoms with Crippen LogP contribution < -0.4 is 5.32 Å². The van der Waals surface area contributed by atoms with Gasteiger partial charge in [-0.15, -0.1) is 0 Å². The first-order valence-corrected chi connectivity index (χ1v) is 13.1. The topological polar surface area (TPSA) is 119 Å². The Labute approximate surface area is 195 Å². The lowest BCUT2D eigenvalue weighted by Gasteiger charge is -2.26. The Bertz CT molecular complexity index is 1160. The van der Waals surface area contributed by atoms with Gasteiger partial charge >= 0.3 is 5.97 Å². The predicted molar refractivity (Wildman–Crippen MR) is 123 cm³/mol. The Kier molecular flexibility index (Phi) is 8.35. The van der Waals surface area contributed by atoms with Crippen molar-refractivity contribution < 1.29 is 31.7 Å². The lowest BCUT2D eigenvalue weighted by atomic mass is 10.2. The molecule has 1 heterocycles. The molecule has 11 heteroatoms. The molecule has 1 aliphatic rings. The van der Waals surface area contributed by atoms with Gasteiger partial charge in [-0.3, -0.25) is 9.00 Å². The van der Waals surface area contributed by atoms with Crippen molar-refractivity contribution in [2.24, 2.45) is 0 Å². The van der Waals surface area contributed by atoms with Crippen LogP contribution in [0.15, 0.2) is 52.3 Å². The molecule has 3 rings (SSSR count). The molecule has 2 aromatic carbocycles. The van der Waals surface area contributed by atoms with Crippen molar-refractivity contribution in [3.8, 4) is 0 Å². The minimum absolute atomic E-state index is 0.0540. The SMILES string of the molecule is CC[S@@](=O)c1ccccc1C(=O)OCC(=O)Nc1cc(S(=O)(=O)N2CCOCC2)ccc1C. The third-order valence-electron chi connectivity index (χ3n) is 5.04. The first-order valence-electron chi connectivity index (χ1n) is 10.4. The van der Waals surface area contributed by atoms with E-state index in [1.165, 1.54) is 22.5 Å². The maximum atomic E-state index is 12.9. The number of sulfonamides is 1. The van der Waals surface area contributed by atoms with Gasteiger partial charge in [0.15, 0.2) is 6.61 Å². The number of amides is 1. The summed E-state index contributed by atoms with van der Waals surface area (Å²) < 4.78 is 49.6. The summed E-state index contributed by atoms with van der Waals surface area (Å²) in [6.07, 6.45) is 0. The number of hydrogen-bond donors (Lipinski definition) is 1. The highest BCUT2D eigenvalue weighted by Gasteiger charge is 2.27. The summed E-state index contributed by atoms with van der Waals surface area (Å²) in [5, 5.41) is 2.60. The molecule has 0 bridgehead atoms. The van der Waals surface area contributed by atoms with Crippen molar-refractivity contribution in [3.63, 3.8) is 0 Å². The van der Waals surface area contributed by atoms with Gasteiger partial charge in [-0.1, -0.05) is 25.1 Å². The molecule has 1 saturated heterocycles. The van der Waals surface area contributed by atoms with Crippen LogP contribution in [0.3, 0.4) is 0 Å². The quantitative estimate of drug-likeness (QED) is 0.557. The predicted octanol–water partition coefficient (Wildman–Crippen LogP) is 1.94. The molecule has 0 spiro atoms. The first-order chi connectivity index (χ1) is 15.7. The van der Waals surface area contributed by atoms with E-state index in [4.69, 9.17) is 9.47 Å². The Morgan fingerprint density at radius 1 is 1.15 bits per heavy atom. The van der Waals surface area contributed by atoms with Crippen molar-refractivity contribution in [3.05, 3.63) is 53.6 Å². The van der Waals surface area contributed by atoms with Crippen molar-refractivity contribution in [1.82, 2.24) is 4.31 Å². The number of aryl methyl sites for hydroxylation is 1. The maximum Gasteiger partial charge on any atom is 0.339 e. The van der Waals surface area contributed by atoms with Gasteiger partial charge in [0.25, 0.3) is 5.91 Å². The Morgan fingerprint density at radius 3 is 2.55 bits per heavy atom. The number of hydrogen-bond acceptors (Lipinski definition) is 7. The molecule has 1 N–H and O–H groups in total. The first kappa shape index (κ1) is 25.0. The van der Waals surface area contributed by atoms with Crippen LogP contribution in [0.2, 0.25) is 0 Å². The van der Waals surface area contributed by atoms with Gasteiger partial charge in [0, 0.05) is 24.5 Å². The van der Waals surface area contributed by atoms with E-state index >= 15 is 0 Å². The summed E-state index contributed by atoms with van der Waals surface area (Å²) >= 11 is 0. The number of esters is 1. The highest BCUT2D eigenvalue weighted by molar-refractivity contribution is 7.89. The number of anilines is 1. The third kappa shape index (κ3) is 6.05. The average molecular weight is 495 g/mol. The van der Waals surface area contributed by atoms with Crippen molar-refractivity contribution in [2.45, 2.75) is 23.6 Å². The number of carbonyl (C=O) groups excluding carboxylic acids is 2. The zero-order valence-electron chi connectivity index (χ0n) is 18.4. The molecule has 0 aliphatic carbocycles. The summed E-state index contributed by atoms with van der Waals surface area (Å²) in [4.78, 5) is 25.3. The number of benzene rings is 2. The fraction of sp³-hybridized carbons (Fsp3) is 0.364. The summed E-state index contributed by atoms with van der Waals surface area (Å²) in [6.45, 7) is 4.07. The number of ether oxygens (including phenoxy) is 2. The minimum atomic E-state index is -3.73. The summed E-state index contributed by atoms with van der Waals surface area (Å²) in [5.41, 5.74) is 1.09. The van der Waals surface area contributed by atoms with E-state index in [9.17, 15) is 22.2 Å². The zero-order chi connectivity index (χ0) is 24.0. The van der Waals surface area contributed by atoms with Crippen molar-refractivity contribution in [1.29, 1.82) is 0 Å². The summed E-state index contributed by atoms with van der Waals surface area (Å²) in [5.74, 6) is -1.04. The van der Waals surface area contributed by atoms with Crippen LogP contribution in [-0.4, -0.2) is 67.5 Å². The van der Waals surface area contributed by atoms with Gasteiger partial charge in [0.05, 0.1) is 39.4 Å². The van der Waals surface area contributed by atoms with Crippen molar-refractivity contribution in [2.75, 3.05) is 44.0 Å². The van der Waals surface area contributed by atoms with Gasteiger partial charge in [-0.2, -0.15) is 4.31 Å². The number of rotatable bonds is 8. The lowest BCUT2D eigenvalue weighted by molar-refractivity contribution is -0.119. The van der Waals surface area contributed by atoms with Crippen LogP contribution in [0.4, 0.5) is 5.69 Å². The van der Waals surface area contributed by atoms with E-state index in [0.29, 0.717) is 35.1 Å². The number of carbonyl (C=O) groups is 2. The molecule has 2 aromatic rings. The van der Waals surface area contributed by atoms with Gasteiger partial charge < -0.3 is 14.8 Å². The molecule has 33 heavy (non-hydrogen) atoms. The molecule has 9 nitrogen and oxygen atoms in total. The van der Waals surface area contributed by atoms with Crippen molar-refractivity contribution >= 4 is 38.4 Å². The standard InChI is InChI=1S/C22H26N2O7S2/c1-3-32(27)20-7-5-4-6-18(20)22(26)31-15-21(25)23-19-14-17(9-8-16(19)2)33(28,29)24-10-12-30-13-11-24/h4-9,14H,3,10-13,15H2,1-2H3,(H,23,25)/t32-/m1/s1. The van der Waals surface area contributed by atoms with E-state index < -0.39 is 39.3 Å². The van der Waals surface area contributed by atoms with Crippen LogP contribution in [0, 0.1) is 6.92 Å². The van der Waals surface area contributed by atoms with Gasteiger partial charge in [0.1, 0.15) is 0 Å². The van der Waals surface area contributed by atoms with E-state index in [2.05, 4.69) is 5.32 Å². The molecule has 0 radical (unpaired) electrons. The van der Waals surface area contributed by atoms with Crippen LogP contribution in [0.1, 0.15) is 22.8 Å². The Morgan fingerprint density at radius 2 is 1.85 bits per heavy atom. The molecule has 1 atom stereocenters. The Hall–Kier alpha value is -2.60. The third-order valence-corrected chi connectivity index (χ3v) is 8.31. The molecule has 178 valence electrons. The van der Waals surface area contributed by atoms with E-state index in [-0.39, 0.29) is 23.5 Å². The fourth-order valence-electron chi connectivity index (χ4n) is 3.22. The molecule has 0 saturated carbocycles. The second kappa shape index (κ2) is 11.0. The normalized spacial score (nSPS) is 15.6. The monoisotopic (exact) mass is 494 g/mol. The summed E-state index contributed by atoms with van der Waals surface area (Å²) in [6, 6.07) is 10.8. The molecule has 1 aliphatic heterocycles. The minimum Gasteiger partial charge on any atom is -0.452 e. The molecular formula is C22H26N2O7S2. The highest BCUT2D eigenvalue weighted by Crippen LogP contribution is 2.24. The second-order valence-electron chi connectivity index (χ2n) is 7.25. The molecule has 1 amide bonds. The van der Waals surface area contributed by atoms with Gasteiger partial charge in [0.2, 0.25) is 10.0 Å². The second-order valence-corrected chi connectivity index (χ2v) is 10.9. The number of morpholine rings is 1.